The third kappa shape index (κ3) is 4.74. The van der Waals surface area contributed by atoms with Gasteiger partial charge in [-0.1, -0.05) is 37.3 Å². The zero-order valence-corrected chi connectivity index (χ0v) is 14.5. The van der Waals surface area contributed by atoms with E-state index in [1.807, 2.05) is 47.8 Å². The molecule has 0 unspecified atom stereocenters. The molecule has 0 saturated heterocycles. The highest BCUT2D eigenvalue weighted by Crippen LogP contribution is 2.24. The lowest BCUT2D eigenvalue weighted by Crippen LogP contribution is -2.05. The first-order chi connectivity index (χ1) is 12.2. The van der Waals surface area contributed by atoms with Crippen molar-refractivity contribution in [3.8, 4) is 17.0 Å². The van der Waals surface area contributed by atoms with E-state index < -0.39 is 0 Å². The minimum atomic E-state index is -0.249. The minimum Gasteiger partial charge on any atom is -0.427 e. The van der Waals surface area contributed by atoms with Gasteiger partial charge in [-0.15, -0.1) is 11.3 Å². The number of anilines is 1. The second kappa shape index (κ2) is 8.21. The minimum absolute atomic E-state index is 0.249. The van der Waals surface area contributed by atoms with Crippen LogP contribution in [0.3, 0.4) is 0 Å². The lowest BCUT2D eigenvalue weighted by Gasteiger charge is -2.02. The number of nitrogens with one attached hydrogen (secondary N) is 1. The van der Waals surface area contributed by atoms with Crippen molar-refractivity contribution in [3.63, 3.8) is 0 Å². The highest BCUT2D eigenvalue weighted by Gasteiger charge is 2.03. The average Bonchev–Trinajstić information content (AvgIpc) is 3.13. The normalized spacial score (nSPS) is 10.8. The highest BCUT2D eigenvalue weighted by molar-refractivity contribution is 7.14. The van der Waals surface area contributed by atoms with E-state index in [4.69, 9.17) is 4.74 Å². The molecule has 1 N–H and O–H groups in total. The summed E-state index contributed by atoms with van der Waals surface area (Å²) < 4.78 is 5.13. The molecule has 0 amide bonds. The SMILES string of the molecule is CCC(=O)Oc1ccc(C=NNc2nc(-c3ccccc3)cs2)cc1. The Bertz CT molecular complexity index is 858. The zero-order chi connectivity index (χ0) is 17.5. The standard InChI is InChI=1S/C19H17N3O2S/c1-2-18(23)24-16-10-8-14(9-11-16)12-20-22-19-21-17(13-25-19)15-6-4-3-5-7-15/h3-13H,2H2,1H3,(H,21,22). The summed E-state index contributed by atoms with van der Waals surface area (Å²) in [6, 6.07) is 17.2. The second-order valence-corrected chi connectivity index (χ2v) is 6.03. The Labute approximate surface area is 150 Å². The van der Waals surface area contributed by atoms with Gasteiger partial charge in [0.15, 0.2) is 0 Å². The number of hydrazone groups is 1. The second-order valence-electron chi connectivity index (χ2n) is 5.17. The molecule has 0 fully saturated rings. The Morgan fingerprint density at radius 3 is 2.68 bits per heavy atom. The third-order valence-corrected chi connectivity index (χ3v) is 4.09. The number of carbonyl (C=O) groups excluding carboxylic acids is 1. The van der Waals surface area contributed by atoms with Crippen LogP contribution in [0.4, 0.5) is 5.13 Å². The van der Waals surface area contributed by atoms with Gasteiger partial charge in [0, 0.05) is 17.4 Å². The van der Waals surface area contributed by atoms with Crippen molar-refractivity contribution in [3.05, 3.63) is 65.5 Å². The van der Waals surface area contributed by atoms with Crippen LogP contribution in [0.1, 0.15) is 18.9 Å². The number of ether oxygens (including phenoxy) is 1. The molecular formula is C19H17N3O2S. The molecular weight excluding hydrogens is 334 g/mol. The lowest BCUT2D eigenvalue weighted by atomic mass is 10.2. The number of esters is 1. The number of nitrogens with zero attached hydrogens (tertiary/aromatic N) is 2. The van der Waals surface area contributed by atoms with Crippen LogP contribution >= 0.6 is 11.3 Å². The van der Waals surface area contributed by atoms with E-state index >= 15 is 0 Å². The van der Waals surface area contributed by atoms with Crippen LogP contribution in [-0.2, 0) is 4.79 Å². The van der Waals surface area contributed by atoms with Crippen molar-refractivity contribution in [2.24, 2.45) is 5.10 Å². The van der Waals surface area contributed by atoms with Gasteiger partial charge < -0.3 is 4.74 Å². The van der Waals surface area contributed by atoms with E-state index in [1.54, 1.807) is 25.3 Å². The predicted octanol–water partition coefficient (Wildman–Crippen LogP) is 4.57. The molecule has 2 aromatic carbocycles. The Kier molecular flexibility index (Phi) is 5.53. The number of rotatable bonds is 6. The summed E-state index contributed by atoms with van der Waals surface area (Å²) >= 11 is 1.50. The summed E-state index contributed by atoms with van der Waals surface area (Å²) in [6.45, 7) is 1.76. The fourth-order valence-electron chi connectivity index (χ4n) is 2.05. The largest absolute Gasteiger partial charge is 0.427 e. The molecule has 25 heavy (non-hydrogen) atoms. The summed E-state index contributed by atoms with van der Waals surface area (Å²) in [5.41, 5.74) is 5.82. The van der Waals surface area contributed by atoms with Gasteiger partial charge in [-0.3, -0.25) is 10.2 Å². The number of benzene rings is 2. The van der Waals surface area contributed by atoms with E-state index in [1.165, 1.54) is 11.3 Å². The van der Waals surface area contributed by atoms with Crippen LogP contribution < -0.4 is 10.2 Å². The maximum Gasteiger partial charge on any atom is 0.310 e. The maximum absolute atomic E-state index is 11.2. The van der Waals surface area contributed by atoms with E-state index in [9.17, 15) is 4.79 Å². The predicted molar refractivity (Wildman–Crippen MR) is 101 cm³/mol. The molecule has 126 valence electrons. The summed E-state index contributed by atoms with van der Waals surface area (Å²) in [5.74, 6) is 0.283. The van der Waals surface area contributed by atoms with Crippen LogP contribution in [0.25, 0.3) is 11.3 Å². The van der Waals surface area contributed by atoms with Crippen molar-refractivity contribution < 1.29 is 9.53 Å². The molecule has 3 rings (SSSR count). The van der Waals surface area contributed by atoms with E-state index in [0.29, 0.717) is 12.2 Å². The maximum atomic E-state index is 11.2. The summed E-state index contributed by atoms with van der Waals surface area (Å²) in [7, 11) is 0. The molecule has 3 aromatic rings. The van der Waals surface area contributed by atoms with Gasteiger partial charge >= 0.3 is 5.97 Å². The van der Waals surface area contributed by atoms with Crippen LogP contribution in [0.2, 0.25) is 0 Å². The lowest BCUT2D eigenvalue weighted by molar-refractivity contribution is -0.134. The van der Waals surface area contributed by atoms with Gasteiger partial charge in [0.1, 0.15) is 5.75 Å². The van der Waals surface area contributed by atoms with Crippen molar-refractivity contribution in [1.82, 2.24) is 4.98 Å². The molecule has 1 aromatic heterocycles. The Hall–Kier alpha value is -2.99. The van der Waals surface area contributed by atoms with Crippen LogP contribution in [0, 0.1) is 0 Å². The van der Waals surface area contributed by atoms with Crippen molar-refractivity contribution in [2.45, 2.75) is 13.3 Å². The molecule has 5 nitrogen and oxygen atoms in total. The van der Waals surface area contributed by atoms with Gasteiger partial charge in [0.2, 0.25) is 5.13 Å². The van der Waals surface area contributed by atoms with Crippen molar-refractivity contribution >= 4 is 28.7 Å². The van der Waals surface area contributed by atoms with E-state index in [0.717, 1.165) is 22.0 Å². The molecule has 0 aliphatic heterocycles. The molecule has 0 aliphatic carbocycles. The number of carbonyl (C=O) groups is 1. The Balaban J connectivity index is 1.58. The molecule has 0 atom stereocenters. The van der Waals surface area contributed by atoms with Gasteiger partial charge in [0.25, 0.3) is 0 Å². The van der Waals surface area contributed by atoms with Crippen LogP contribution in [0.15, 0.2) is 65.1 Å². The zero-order valence-electron chi connectivity index (χ0n) is 13.7. The van der Waals surface area contributed by atoms with Gasteiger partial charge in [-0.25, -0.2) is 4.98 Å². The molecule has 0 saturated carbocycles. The summed E-state index contributed by atoms with van der Waals surface area (Å²) in [4.78, 5) is 15.7. The molecule has 0 spiro atoms. The number of aromatic nitrogens is 1. The first-order valence-corrected chi connectivity index (χ1v) is 8.73. The van der Waals surface area contributed by atoms with Crippen molar-refractivity contribution in [2.75, 3.05) is 5.43 Å². The number of hydrogen-bond acceptors (Lipinski definition) is 6. The van der Waals surface area contributed by atoms with Crippen LogP contribution in [0.5, 0.6) is 5.75 Å². The molecule has 1 heterocycles. The first-order valence-electron chi connectivity index (χ1n) is 7.85. The molecule has 0 radical (unpaired) electrons. The van der Waals surface area contributed by atoms with Gasteiger partial charge in [0.05, 0.1) is 11.9 Å². The van der Waals surface area contributed by atoms with Gasteiger partial charge in [-0.05, 0) is 29.8 Å². The molecule has 0 bridgehead atoms. The summed E-state index contributed by atoms with van der Waals surface area (Å²) in [5, 5.41) is 6.91. The fourth-order valence-corrected chi connectivity index (χ4v) is 2.72. The van der Waals surface area contributed by atoms with Crippen molar-refractivity contribution in [1.29, 1.82) is 0 Å². The average molecular weight is 351 g/mol. The smallest absolute Gasteiger partial charge is 0.310 e. The molecule has 0 aliphatic rings. The molecule has 6 heteroatoms. The number of hydrogen-bond donors (Lipinski definition) is 1. The quantitative estimate of drug-likeness (QED) is 0.306. The highest BCUT2D eigenvalue weighted by atomic mass is 32.1. The first kappa shape index (κ1) is 16.9. The van der Waals surface area contributed by atoms with Gasteiger partial charge in [-0.2, -0.15) is 5.10 Å². The van der Waals surface area contributed by atoms with E-state index in [2.05, 4.69) is 15.5 Å². The fraction of sp³-hybridized carbons (Fsp3) is 0.105. The van der Waals surface area contributed by atoms with Crippen LogP contribution in [-0.4, -0.2) is 17.2 Å². The Morgan fingerprint density at radius 2 is 1.96 bits per heavy atom. The Morgan fingerprint density at radius 1 is 1.20 bits per heavy atom. The number of thiazole rings is 1. The van der Waals surface area contributed by atoms with E-state index in [-0.39, 0.29) is 5.97 Å². The topological polar surface area (TPSA) is 63.6 Å². The third-order valence-electron chi connectivity index (χ3n) is 3.35. The summed E-state index contributed by atoms with van der Waals surface area (Å²) in [6.07, 6.45) is 2.04. The monoisotopic (exact) mass is 351 g/mol.